The van der Waals surface area contributed by atoms with Crippen LogP contribution in [-0.2, 0) is 17.8 Å². The topological polar surface area (TPSA) is 58.6 Å². The fraction of sp³-hybridized carbons (Fsp3) is 0.567. The highest BCUT2D eigenvalue weighted by molar-refractivity contribution is 5.66. The summed E-state index contributed by atoms with van der Waals surface area (Å²) in [5.41, 5.74) is 7.67. The van der Waals surface area contributed by atoms with Gasteiger partial charge < -0.3 is 15.2 Å². The Morgan fingerprint density at radius 1 is 0.912 bits per heavy atom. The molecule has 2 rings (SSSR count). The molecule has 0 aliphatic carbocycles. The highest BCUT2D eigenvalue weighted by Crippen LogP contribution is 2.26. The Morgan fingerprint density at radius 2 is 1.59 bits per heavy atom. The van der Waals surface area contributed by atoms with Gasteiger partial charge in [0.25, 0.3) is 0 Å². The average Bonchev–Trinajstić information content (AvgIpc) is 2.78. The molecule has 0 aromatic heterocycles. The van der Waals surface area contributed by atoms with Gasteiger partial charge in [-0.25, -0.2) is 0 Å². The summed E-state index contributed by atoms with van der Waals surface area (Å²) in [5, 5.41) is 12.0. The highest BCUT2D eigenvalue weighted by Gasteiger charge is 2.12. The summed E-state index contributed by atoms with van der Waals surface area (Å²) in [4.78, 5) is 10.7. The van der Waals surface area contributed by atoms with Gasteiger partial charge in [0.15, 0.2) is 0 Å². The van der Waals surface area contributed by atoms with E-state index in [9.17, 15) is 4.79 Å². The third kappa shape index (κ3) is 9.89. The van der Waals surface area contributed by atoms with Crippen LogP contribution in [0.2, 0.25) is 0 Å². The van der Waals surface area contributed by atoms with Gasteiger partial charge in [-0.15, -0.1) is 0 Å². The molecule has 0 amide bonds. The Hall–Kier alpha value is -2.33. The van der Waals surface area contributed by atoms with Crippen molar-refractivity contribution in [3.63, 3.8) is 0 Å². The molecule has 0 saturated carbocycles. The number of rotatable bonds is 16. The molecule has 2 N–H and O–H groups in total. The second kappa shape index (κ2) is 14.8. The van der Waals surface area contributed by atoms with Crippen LogP contribution in [0.1, 0.15) is 85.3 Å². The second-order valence-electron chi connectivity index (χ2n) is 9.85. The van der Waals surface area contributed by atoms with Gasteiger partial charge >= 0.3 is 5.97 Å². The lowest BCUT2D eigenvalue weighted by Gasteiger charge is -2.19. The number of hydrogen-bond donors (Lipinski definition) is 2. The lowest BCUT2D eigenvalue weighted by atomic mass is 9.89. The maximum atomic E-state index is 10.7. The van der Waals surface area contributed by atoms with Gasteiger partial charge in [-0.05, 0) is 86.3 Å². The summed E-state index contributed by atoms with van der Waals surface area (Å²) in [5.74, 6) is 0.926. The van der Waals surface area contributed by atoms with E-state index in [0.717, 1.165) is 41.9 Å². The van der Waals surface area contributed by atoms with Crippen molar-refractivity contribution in [2.75, 3.05) is 13.2 Å². The Kier molecular flexibility index (Phi) is 12.2. The van der Waals surface area contributed by atoms with Crippen LogP contribution in [0.5, 0.6) is 5.75 Å². The standard InChI is InChI=1S/C30H45NO3/c1-6-7-8-10-26(20-27-13-12-22(2)23(3)17-27)11-9-16-34-30-24(4)18-28(19-25(30)5)21-31-15-14-29(32)33/h12-13,17-19,26,31H,6-11,14-16,20-21H2,1-5H3,(H,32,33). The number of unbranched alkanes of at least 4 members (excludes halogenated alkanes) is 2. The third-order valence-electron chi connectivity index (χ3n) is 6.68. The monoisotopic (exact) mass is 467 g/mol. The molecule has 0 radical (unpaired) electrons. The Labute approximate surface area is 207 Å². The predicted molar refractivity (Wildman–Crippen MR) is 142 cm³/mol. The summed E-state index contributed by atoms with van der Waals surface area (Å²) in [6, 6.07) is 11.2. The third-order valence-corrected chi connectivity index (χ3v) is 6.68. The van der Waals surface area contributed by atoms with E-state index in [2.05, 4.69) is 70.3 Å². The minimum atomic E-state index is -0.773. The molecule has 0 saturated heterocycles. The molecule has 0 aliphatic heterocycles. The molecule has 2 aromatic carbocycles. The molecule has 0 bridgehead atoms. The van der Waals surface area contributed by atoms with E-state index in [4.69, 9.17) is 9.84 Å². The van der Waals surface area contributed by atoms with Crippen molar-refractivity contribution >= 4 is 5.97 Å². The van der Waals surface area contributed by atoms with Crippen molar-refractivity contribution < 1.29 is 14.6 Å². The summed E-state index contributed by atoms with van der Waals surface area (Å²) in [7, 11) is 0. The lowest BCUT2D eigenvalue weighted by molar-refractivity contribution is -0.136. The van der Waals surface area contributed by atoms with Crippen LogP contribution in [0.25, 0.3) is 0 Å². The molecule has 0 spiro atoms. The van der Waals surface area contributed by atoms with E-state index in [-0.39, 0.29) is 6.42 Å². The number of ether oxygens (including phenoxy) is 1. The summed E-state index contributed by atoms with van der Waals surface area (Å²) in [6.45, 7) is 12.7. The highest BCUT2D eigenvalue weighted by atomic mass is 16.5. The van der Waals surface area contributed by atoms with Crippen molar-refractivity contribution in [1.82, 2.24) is 5.32 Å². The molecule has 0 fully saturated rings. The summed E-state index contributed by atoms with van der Waals surface area (Å²) in [6.07, 6.45) is 8.75. The van der Waals surface area contributed by atoms with Crippen LogP contribution in [0.3, 0.4) is 0 Å². The van der Waals surface area contributed by atoms with E-state index in [1.165, 1.54) is 48.8 Å². The van der Waals surface area contributed by atoms with Gasteiger partial charge in [0.1, 0.15) is 5.75 Å². The van der Waals surface area contributed by atoms with Crippen LogP contribution in [0.4, 0.5) is 0 Å². The fourth-order valence-corrected chi connectivity index (χ4v) is 4.64. The van der Waals surface area contributed by atoms with Crippen molar-refractivity contribution in [3.8, 4) is 5.75 Å². The van der Waals surface area contributed by atoms with E-state index in [0.29, 0.717) is 19.0 Å². The Balaban J connectivity index is 1.87. The quantitative estimate of drug-likeness (QED) is 0.259. The number of carbonyl (C=O) groups is 1. The summed E-state index contributed by atoms with van der Waals surface area (Å²) < 4.78 is 6.24. The molecule has 4 heteroatoms. The van der Waals surface area contributed by atoms with Gasteiger partial charge in [-0.2, -0.15) is 0 Å². The fourth-order valence-electron chi connectivity index (χ4n) is 4.64. The Morgan fingerprint density at radius 3 is 2.24 bits per heavy atom. The minimum Gasteiger partial charge on any atom is -0.493 e. The number of benzene rings is 2. The van der Waals surface area contributed by atoms with Crippen molar-refractivity contribution in [1.29, 1.82) is 0 Å². The number of carboxylic acids is 1. The van der Waals surface area contributed by atoms with Crippen molar-refractivity contribution in [3.05, 3.63) is 63.7 Å². The molecule has 0 heterocycles. The lowest BCUT2D eigenvalue weighted by Crippen LogP contribution is -2.17. The van der Waals surface area contributed by atoms with Gasteiger partial charge in [0.2, 0.25) is 0 Å². The van der Waals surface area contributed by atoms with E-state index in [1.807, 2.05) is 0 Å². The largest absolute Gasteiger partial charge is 0.493 e. The van der Waals surface area contributed by atoms with E-state index >= 15 is 0 Å². The minimum absolute atomic E-state index is 0.141. The van der Waals surface area contributed by atoms with E-state index < -0.39 is 5.97 Å². The molecule has 4 nitrogen and oxygen atoms in total. The first kappa shape index (κ1) is 27.9. The first-order valence-corrected chi connectivity index (χ1v) is 13.0. The SMILES string of the molecule is CCCCCC(CCCOc1c(C)cc(CNCCC(=O)O)cc1C)Cc1ccc(C)c(C)c1. The number of hydrogen-bond acceptors (Lipinski definition) is 3. The van der Waals surface area contributed by atoms with Crippen LogP contribution in [-0.4, -0.2) is 24.2 Å². The van der Waals surface area contributed by atoms with Crippen LogP contribution >= 0.6 is 0 Å². The van der Waals surface area contributed by atoms with Crippen LogP contribution in [0, 0.1) is 33.6 Å². The van der Waals surface area contributed by atoms with Gasteiger partial charge in [-0.1, -0.05) is 62.9 Å². The first-order chi connectivity index (χ1) is 16.3. The molecular formula is C30H45NO3. The maximum absolute atomic E-state index is 10.7. The first-order valence-electron chi connectivity index (χ1n) is 13.0. The number of nitrogens with one attached hydrogen (secondary N) is 1. The van der Waals surface area contributed by atoms with Crippen molar-refractivity contribution in [2.24, 2.45) is 5.92 Å². The number of carboxylic acid groups (broad SMARTS) is 1. The second-order valence-corrected chi connectivity index (χ2v) is 9.85. The molecule has 0 aliphatic rings. The van der Waals surface area contributed by atoms with E-state index in [1.54, 1.807) is 0 Å². The number of aryl methyl sites for hydroxylation is 4. The van der Waals surface area contributed by atoms with Crippen molar-refractivity contribution in [2.45, 2.75) is 92.5 Å². The molecule has 2 aromatic rings. The van der Waals surface area contributed by atoms with Gasteiger partial charge in [0.05, 0.1) is 13.0 Å². The van der Waals surface area contributed by atoms with Gasteiger partial charge in [-0.3, -0.25) is 4.79 Å². The molecule has 1 unspecified atom stereocenters. The molecule has 1 atom stereocenters. The zero-order valence-electron chi connectivity index (χ0n) is 22.0. The maximum Gasteiger partial charge on any atom is 0.304 e. The van der Waals surface area contributed by atoms with Crippen LogP contribution in [0.15, 0.2) is 30.3 Å². The predicted octanol–water partition coefficient (Wildman–Crippen LogP) is 7.08. The van der Waals surface area contributed by atoms with Gasteiger partial charge in [0, 0.05) is 13.1 Å². The normalized spacial score (nSPS) is 12.0. The molecular weight excluding hydrogens is 422 g/mol. The summed E-state index contributed by atoms with van der Waals surface area (Å²) >= 11 is 0. The molecule has 188 valence electrons. The zero-order valence-corrected chi connectivity index (χ0v) is 22.0. The zero-order chi connectivity index (χ0) is 24.9. The number of aliphatic carboxylic acids is 1. The Bertz CT molecular complexity index is 883. The smallest absolute Gasteiger partial charge is 0.304 e. The molecule has 34 heavy (non-hydrogen) atoms. The average molecular weight is 468 g/mol. The van der Waals surface area contributed by atoms with Crippen LogP contribution < -0.4 is 10.1 Å².